The molecule has 3 rings (SSSR count). The third-order valence-electron chi connectivity index (χ3n) is 3.89. The minimum absolute atomic E-state index is 0.539. The van der Waals surface area contributed by atoms with Crippen LogP contribution in [0.4, 0.5) is 5.69 Å². The van der Waals surface area contributed by atoms with Crippen molar-refractivity contribution in [1.29, 1.82) is 0 Å². The number of isocyanates is 1. The maximum absolute atomic E-state index is 10.2. The number of aryl methyl sites for hydroxylation is 1. The Balaban J connectivity index is 1.79. The lowest BCUT2D eigenvalue weighted by molar-refractivity contribution is -0.160. The van der Waals surface area contributed by atoms with Gasteiger partial charge in [-0.3, -0.25) is 0 Å². The number of ether oxygens (including phenoxy) is 3. The molecule has 0 amide bonds. The second-order valence-corrected chi connectivity index (χ2v) is 5.51. The zero-order valence-corrected chi connectivity index (χ0v) is 13.0. The van der Waals surface area contributed by atoms with Crippen LogP contribution in [0.15, 0.2) is 47.5 Å². The Morgan fingerprint density at radius 1 is 1.17 bits per heavy atom. The van der Waals surface area contributed by atoms with E-state index < -0.39 is 5.79 Å². The van der Waals surface area contributed by atoms with E-state index in [9.17, 15) is 4.79 Å². The number of hydrogen-bond acceptors (Lipinski definition) is 5. The van der Waals surface area contributed by atoms with E-state index in [2.05, 4.69) is 4.99 Å². The summed E-state index contributed by atoms with van der Waals surface area (Å²) < 4.78 is 17.2. The van der Waals surface area contributed by atoms with Crippen LogP contribution in [0.25, 0.3) is 0 Å². The molecular weight excluding hydrogens is 294 g/mol. The smallest absolute Gasteiger partial charge is 0.240 e. The van der Waals surface area contributed by atoms with Crippen LogP contribution in [0.3, 0.4) is 0 Å². The van der Waals surface area contributed by atoms with Crippen LogP contribution in [0, 0.1) is 0 Å². The van der Waals surface area contributed by atoms with Crippen LogP contribution in [0.1, 0.15) is 18.9 Å². The van der Waals surface area contributed by atoms with Crippen molar-refractivity contribution in [2.24, 2.45) is 4.99 Å². The highest BCUT2D eigenvalue weighted by molar-refractivity contribution is 5.51. The van der Waals surface area contributed by atoms with Crippen molar-refractivity contribution in [2.75, 3.05) is 7.11 Å². The van der Waals surface area contributed by atoms with Crippen molar-refractivity contribution in [3.63, 3.8) is 0 Å². The summed E-state index contributed by atoms with van der Waals surface area (Å²) in [6, 6.07) is 12.7. The van der Waals surface area contributed by atoms with Crippen molar-refractivity contribution >= 4 is 11.8 Å². The Bertz CT molecular complexity index is 750. The van der Waals surface area contributed by atoms with E-state index in [4.69, 9.17) is 14.2 Å². The predicted molar refractivity (Wildman–Crippen MR) is 85.1 cm³/mol. The van der Waals surface area contributed by atoms with Gasteiger partial charge in [-0.1, -0.05) is 6.07 Å². The van der Waals surface area contributed by atoms with Crippen molar-refractivity contribution in [3.05, 3.63) is 48.0 Å². The number of hydrogen-bond donors (Lipinski definition) is 0. The molecule has 1 heterocycles. The second-order valence-electron chi connectivity index (χ2n) is 5.51. The summed E-state index contributed by atoms with van der Waals surface area (Å²) in [4.78, 5) is 13.8. The van der Waals surface area contributed by atoms with Gasteiger partial charge in [0.05, 0.1) is 5.69 Å². The predicted octanol–water partition coefficient (Wildman–Crippen LogP) is 4.13. The van der Waals surface area contributed by atoms with Crippen molar-refractivity contribution < 1.29 is 19.0 Å². The lowest BCUT2D eigenvalue weighted by Gasteiger charge is -2.34. The first-order chi connectivity index (χ1) is 11.1. The highest BCUT2D eigenvalue weighted by atomic mass is 16.7. The molecule has 0 radical (unpaired) electrons. The van der Waals surface area contributed by atoms with E-state index in [1.165, 1.54) is 6.08 Å². The van der Waals surface area contributed by atoms with Gasteiger partial charge in [0.1, 0.15) is 17.2 Å². The molecule has 0 saturated heterocycles. The van der Waals surface area contributed by atoms with Gasteiger partial charge in [-0.15, -0.1) is 0 Å². The highest BCUT2D eigenvalue weighted by Gasteiger charge is 2.31. The van der Waals surface area contributed by atoms with Gasteiger partial charge in [-0.25, -0.2) is 4.79 Å². The summed E-state index contributed by atoms with van der Waals surface area (Å²) in [6.07, 6.45) is 3.22. The molecule has 0 saturated carbocycles. The first-order valence-electron chi connectivity index (χ1n) is 7.35. The zero-order valence-electron chi connectivity index (χ0n) is 13.0. The molecule has 2 aromatic carbocycles. The van der Waals surface area contributed by atoms with Crippen LogP contribution >= 0.6 is 0 Å². The number of rotatable bonds is 4. The van der Waals surface area contributed by atoms with Crippen LogP contribution < -0.4 is 9.47 Å². The quantitative estimate of drug-likeness (QED) is 0.629. The van der Waals surface area contributed by atoms with E-state index in [-0.39, 0.29) is 0 Å². The summed E-state index contributed by atoms with van der Waals surface area (Å²) in [6.45, 7) is 1.93. The van der Waals surface area contributed by atoms with Gasteiger partial charge in [0.25, 0.3) is 0 Å². The number of methoxy groups -OCH3 is 1. The minimum Gasteiger partial charge on any atom is -0.462 e. The molecule has 0 spiro atoms. The van der Waals surface area contributed by atoms with Gasteiger partial charge >= 0.3 is 0 Å². The Labute approximate surface area is 134 Å². The molecule has 0 aliphatic carbocycles. The fourth-order valence-corrected chi connectivity index (χ4v) is 2.47. The van der Waals surface area contributed by atoms with Gasteiger partial charge in [0.15, 0.2) is 0 Å². The fourth-order valence-electron chi connectivity index (χ4n) is 2.47. The number of fused-ring (bicyclic) bond motifs is 1. The van der Waals surface area contributed by atoms with Gasteiger partial charge in [-0.2, -0.15) is 4.99 Å². The molecule has 5 heteroatoms. The Morgan fingerprint density at radius 3 is 2.61 bits per heavy atom. The topological polar surface area (TPSA) is 57.1 Å². The molecule has 118 valence electrons. The second kappa shape index (κ2) is 6.24. The lowest BCUT2D eigenvalue weighted by atomic mass is 10.0. The first-order valence-corrected chi connectivity index (χ1v) is 7.35. The number of benzene rings is 2. The molecule has 0 aromatic heterocycles. The summed E-state index contributed by atoms with van der Waals surface area (Å²) in [7, 11) is 1.65. The summed E-state index contributed by atoms with van der Waals surface area (Å²) in [5, 5.41) is 0. The maximum atomic E-state index is 10.2. The summed E-state index contributed by atoms with van der Waals surface area (Å²) >= 11 is 0. The summed E-state index contributed by atoms with van der Waals surface area (Å²) in [5.74, 6) is 1.51. The molecule has 1 unspecified atom stereocenters. The molecule has 0 bridgehead atoms. The van der Waals surface area contributed by atoms with Crippen LogP contribution in [0.2, 0.25) is 0 Å². The molecule has 2 aromatic rings. The van der Waals surface area contributed by atoms with Crippen LogP contribution in [-0.4, -0.2) is 19.0 Å². The van der Waals surface area contributed by atoms with E-state index >= 15 is 0 Å². The molecule has 0 N–H and O–H groups in total. The lowest BCUT2D eigenvalue weighted by Crippen LogP contribution is -2.38. The highest BCUT2D eigenvalue weighted by Crippen LogP contribution is 2.37. The minimum atomic E-state index is -0.597. The van der Waals surface area contributed by atoms with Gasteiger partial charge in [-0.05, 0) is 42.3 Å². The Morgan fingerprint density at radius 2 is 1.91 bits per heavy atom. The molecule has 1 aliphatic heterocycles. The van der Waals surface area contributed by atoms with E-state index in [0.717, 1.165) is 24.2 Å². The SMILES string of the molecule is COC1(C)CCc2ccc(Oc3ccc(N=C=O)cc3)cc2O1. The largest absolute Gasteiger partial charge is 0.462 e. The average Bonchev–Trinajstić information content (AvgIpc) is 2.57. The van der Waals surface area contributed by atoms with Gasteiger partial charge in [0, 0.05) is 26.5 Å². The normalized spacial score (nSPS) is 19.2. The number of aliphatic imine (C=N–C) groups is 1. The average molecular weight is 311 g/mol. The molecule has 1 atom stereocenters. The van der Waals surface area contributed by atoms with Crippen molar-refractivity contribution in [3.8, 4) is 17.2 Å². The van der Waals surface area contributed by atoms with Crippen molar-refractivity contribution in [1.82, 2.24) is 0 Å². The van der Waals surface area contributed by atoms with E-state index in [1.807, 2.05) is 25.1 Å². The fraction of sp³-hybridized carbons (Fsp3) is 0.278. The molecule has 23 heavy (non-hydrogen) atoms. The standard InChI is InChI=1S/C18H17NO4/c1-18(21-2)10-9-13-3-6-16(11-17(13)23-18)22-15-7-4-14(5-8-15)19-12-20/h3-8,11H,9-10H2,1-2H3. The van der Waals surface area contributed by atoms with E-state index in [1.54, 1.807) is 31.4 Å². The van der Waals surface area contributed by atoms with Crippen molar-refractivity contribution in [2.45, 2.75) is 25.6 Å². The zero-order chi connectivity index (χ0) is 16.3. The third-order valence-corrected chi connectivity index (χ3v) is 3.89. The molecule has 5 nitrogen and oxygen atoms in total. The molecular formula is C18H17NO4. The maximum Gasteiger partial charge on any atom is 0.240 e. The monoisotopic (exact) mass is 311 g/mol. The first kappa shape index (κ1) is 15.3. The Hall–Kier alpha value is -2.62. The van der Waals surface area contributed by atoms with E-state index in [0.29, 0.717) is 17.2 Å². The van der Waals surface area contributed by atoms with Gasteiger partial charge < -0.3 is 14.2 Å². The Kier molecular flexibility index (Phi) is 4.15. The molecule has 1 aliphatic rings. The number of nitrogens with zero attached hydrogens (tertiary/aromatic N) is 1. The summed E-state index contributed by atoms with van der Waals surface area (Å²) in [5.41, 5.74) is 1.68. The molecule has 0 fully saturated rings. The van der Waals surface area contributed by atoms with Crippen LogP contribution in [-0.2, 0) is 16.0 Å². The van der Waals surface area contributed by atoms with Crippen LogP contribution in [0.5, 0.6) is 17.2 Å². The number of carbonyl (C=O) groups excluding carboxylic acids is 1. The third kappa shape index (κ3) is 3.42. The van der Waals surface area contributed by atoms with Gasteiger partial charge in [0.2, 0.25) is 11.9 Å².